The predicted molar refractivity (Wildman–Crippen MR) is 126 cm³/mol. The lowest BCUT2D eigenvalue weighted by Gasteiger charge is -2.24. The van der Waals surface area contributed by atoms with Gasteiger partial charge in [-0.3, -0.25) is 9.59 Å². The maximum absolute atomic E-state index is 13.2. The highest BCUT2D eigenvalue weighted by atomic mass is 35.5. The molecule has 1 atom stereocenters. The van der Waals surface area contributed by atoms with E-state index in [1.807, 2.05) is 47.7 Å². The first-order valence-corrected chi connectivity index (χ1v) is 11.7. The molecular weight excluding hydrogens is 446 g/mol. The molecule has 1 aliphatic heterocycles. The van der Waals surface area contributed by atoms with Crippen LogP contribution < -0.4 is 5.32 Å². The molecule has 166 valence electrons. The van der Waals surface area contributed by atoms with Crippen molar-refractivity contribution in [3.63, 3.8) is 0 Å². The third kappa shape index (κ3) is 4.81. The van der Waals surface area contributed by atoms with E-state index in [1.165, 1.54) is 11.8 Å². The normalized spacial score (nSPS) is 15.7. The van der Waals surface area contributed by atoms with Crippen LogP contribution in [0.4, 0.5) is 5.69 Å². The summed E-state index contributed by atoms with van der Waals surface area (Å²) in [5, 5.41) is 12.7. The van der Waals surface area contributed by atoms with Crippen molar-refractivity contribution in [3.8, 4) is 0 Å². The van der Waals surface area contributed by atoms with Crippen molar-refractivity contribution >= 4 is 40.9 Å². The molecule has 0 aliphatic carbocycles. The number of halogens is 1. The second kappa shape index (κ2) is 9.75. The Labute approximate surface area is 196 Å². The van der Waals surface area contributed by atoms with E-state index >= 15 is 0 Å². The van der Waals surface area contributed by atoms with Crippen LogP contribution in [0.5, 0.6) is 0 Å². The SMILES string of the molecule is Cc1ccccc1C(=O)N1CCCC1c1nnc(SCC(=O)Nc2cccc(Cl)c2)n1C. The highest BCUT2D eigenvalue weighted by Gasteiger charge is 2.34. The average molecular weight is 470 g/mol. The third-order valence-corrected chi connectivity index (χ3v) is 6.75. The Balaban J connectivity index is 1.43. The molecule has 1 fully saturated rings. The van der Waals surface area contributed by atoms with E-state index in [-0.39, 0.29) is 23.6 Å². The van der Waals surface area contributed by atoms with Gasteiger partial charge in [-0.2, -0.15) is 0 Å². The fourth-order valence-corrected chi connectivity index (χ4v) is 4.79. The zero-order valence-electron chi connectivity index (χ0n) is 17.9. The number of benzene rings is 2. The number of amides is 2. The number of nitrogens with one attached hydrogen (secondary N) is 1. The topological polar surface area (TPSA) is 80.1 Å². The summed E-state index contributed by atoms with van der Waals surface area (Å²) >= 11 is 7.27. The minimum absolute atomic E-state index is 0.0173. The molecule has 0 bridgehead atoms. The lowest BCUT2D eigenvalue weighted by molar-refractivity contribution is -0.113. The van der Waals surface area contributed by atoms with Gasteiger partial charge < -0.3 is 14.8 Å². The molecule has 1 saturated heterocycles. The molecule has 3 aromatic rings. The van der Waals surface area contributed by atoms with Crippen molar-refractivity contribution in [1.82, 2.24) is 19.7 Å². The Bertz CT molecular complexity index is 1150. The van der Waals surface area contributed by atoms with E-state index in [0.717, 1.165) is 24.2 Å². The number of carbonyl (C=O) groups excluding carboxylic acids is 2. The Hall–Kier alpha value is -2.84. The van der Waals surface area contributed by atoms with Gasteiger partial charge in [0.15, 0.2) is 11.0 Å². The molecule has 1 aromatic heterocycles. The van der Waals surface area contributed by atoms with Crippen molar-refractivity contribution in [2.45, 2.75) is 31.0 Å². The van der Waals surface area contributed by atoms with E-state index < -0.39 is 0 Å². The average Bonchev–Trinajstić information content (AvgIpc) is 3.38. The summed E-state index contributed by atoms with van der Waals surface area (Å²) in [5.41, 5.74) is 2.33. The maximum atomic E-state index is 13.2. The van der Waals surface area contributed by atoms with E-state index in [9.17, 15) is 9.59 Å². The number of thioether (sulfide) groups is 1. The van der Waals surface area contributed by atoms with Gasteiger partial charge in [0.1, 0.15) is 0 Å². The lowest BCUT2D eigenvalue weighted by Crippen LogP contribution is -2.32. The summed E-state index contributed by atoms with van der Waals surface area (Å²) in [7, 11) is 1.88. The lowest BCUT2D eigenvalue weighted by atomic mass is 10.1. The number of carbonyl (C=O) groups is 2. The second-order valence-corrected chi connectivity index (χ2v) is 9.10. The molecule has 0 spiro atoms. The summed E-state index contributed by atoms with van der Waals surface area (Å²) in [6, 6.07) is 14.5. The summed E-state index contributed by atoms with van der Waals surface area (Å²) in [4.78, 5) is 27.4. The van der Waals surface area contributed by atoms with Gasteiger partial charge in [-0.05, 0) is 49.6 Å². The van der Waals surface area contributed by atoms with Gasteiger partial charge in [0.25, 0.3) is 5.91 Å². The Kier molecular flexibility index (Phi) is 6.81. The van der Waals surface area contributed by atoms with Gasteiger partial charge in [-0.15, -0.1) is 10.2 Å². The number of nitrogens with zero attached hydrogens (tertiary/aromatic N) is 4. The van der Waals surface area contributed by atoms with Gasteiger partial charge >= 0.3 is 0 Å². The maximum Gasteiger partial charge on any atom is 0.254 e. The van der Waals surface area contributed by atoms with Crippen molar-refractivity contribution in [2.75, 3.05) is 17.6 Å². The molecule has 0 radical (unpaired) electrons. The first kappa shape index (κ1) is 22.4. The number of aromatic nitrogens is 3. The van der Waals surface area contributed by atoms with Crippen LogP contribution >= 0.6 is 23.4 Å². The van der Waals surface area contributed by atoms with Gasteiger partial charge in [0.2, 0.25) is 5.91 Å². The number of likely N-dealkylation sites (tertiary alicyclic amines) is 1. The second-order valence-electron chi connectivity index (χ2n) is 7.72. The summed E-state index contributed by atoms with van der Waals surface area (Å²) in [5.74, 6) is 0.791. The number of hydrogen-bond donors (Lipinski definition) is 1. The Morgan fingerprint density at radius 1 is 1.19 bits per heavy atom. The van der Waals surface area contributed by atoms with Crippen LogP contribution in [0.25, 0.3) is 0 Å². The fourth-order valence-electron chi connectivity index (χ4n) is 3.88. The predicted octanol–water partition coefficient (Wildman–Crippen LogP) is 4.49. The molecule has 0 saturated carbocycles. The smallest absolute Gasteiger partial charge is 0.254 e. The molecule has 9 heteroatoms. The van der Waals surface area contributed by atoms with Crippen LogP contribution in [0.15, 0.2) is 53.7 Å². The summed E-state index contributed by atoms with van der Waals surface area (Å²) in [6.07, 6.45) is 1.75. The molecule has 1 N–H and O–H groups in total. The van der Waals surface area contributed by atoms with Crippen LogP contribution in [0.1, 0.15) is 40.6 Å². The van der Waals surface area contributed by atoms with Gasteiger partial charge in [-0.1, -0.05) is 47.6 Å². The van der Waals surface area contributed by atoms with Gasteiger partial charge in [0, 0.05) is 29.9 Å². The molecule has 1 aliphatic rings. The van der Waals surface area contributed by atoms with E-state index in [4.69, 9.17) is 11.6 Å². The van der Waals surface area contributed by atoms with Crippen molar-refractivity contribution in [3.05, 3.63) is 70.5 Å². The monoisotopic (exact) mass is 469 g/mol. The Morgan fingerprint density at radius 2 is 2.00 bits per heavy atom. The first-order valence-electron chi connectivity index (χ1n) is 10.4. The van der Waals surface area contributed by atoms with E-state index in [2.05, 4.69) is 15.5 Å². The quantitative estimate of drug-likeness (QED) is 0.538. The number of anilines is 1. The largest absolute Gasteiger partial charge is 0.328 e. The van der Waals surface area contributed by atoms with Crippen LogP contribution in [0.3, 0.4) is 0 Å². The van der Waals surface area contributed by atoms with Crippen molar-refractivity contribution in [1.29, 1.82) is 0 Å². The molecular formula is C23H24ClN5O2S. The number of rotatable bonds is 6. The van der Waals surface area contributed by atoms with Crippen LogP contribution in [-0.2, 0) is 11.8 Å². The first-order chi connectivity index (χ1) is 15.4. The van der Waals surface area contributed by atoms with E-state index in [1.54, 1.807) is 24.3 Å². The van der Waals surface area contributed by atoms with Gasteiger partial charge in [-0.25, -0.2) is 0 Å². The Morgan fingerprint density at radius 3 is 2.78 bits per heavy atom. The summed E-state index contributed by atoms with van der Waals surface area (Å²) < 4.78 is 1.88. The third-order valence-electron chi connectivity index (χ3n) is 5.50. The van der Waals surface area contributed by atoms with Crippen molar-refractivity contribution < 1.29 is 9.59 Å². The molecule has 4 rings (SSSR count). The number of aryl methyl sites for hydroxylation is 1. The zero-order chi connectivity index (χ0) is 22.7. The standard InChI is InChI=1S/C23H24ClN5O2S/c1-15-7-3-4-10-18(15)22(31)29-12-6-11-19(29)21-26-27-23(28(21)2)32-14-20(30)25-17-9-5-8-16(24)13-17/h3-5,7-10,13,19H,6,11-12,14H2,1-2H3,(H,25,30). The molecule has 2 aromatic carbocycles. The molecule has 32 heavy (non-hydrogen) atoms. The van der Waals surface area contributed by atoms with Crippen molar-refractivity contribution in [2.24, 2.45) is 7.05 Å². The fraction of sp³-hybridized carbons (Fsp3) is 0.304. The molecule has 2 amide bonds. The minimum Gasteiger partial charge on any atom is -0.328 e. The molecule has 2 heterocycles. The zero-order valence-corrected chi connectivity index (χ0v) is 19.5. The minimum atomic E-state index is -0.154. The molecule has 1 unspecified atom stereocenters. The summed E-state index contributed by atoms with van der Waals surface area (Å²) in [6.45, 7) is 2.64. The highest BCUT2D eigenvalue weighted by molar-refractivity contribution is 7.99. The van der Waals surface area contributed by atoms with Crippen LogP contribution in [0.2, 0.25) is 5.02 Å². The number of hydrogen-bond acceptors (Lipinski definition) is 5. The highest BCUT2D eigenvalue weighted by Crippen LogP contribution is 2.33. The van der Waals surface area contributed by atoms with Gasteiger partial charge in [0.05, 0.1) is 11.8 Å². The van der Waals surface area contributed by atoms with Crippen LogP contribution in [0, 0.1) is 6.92 Å². The van der Waals surface area contributed by atoms with Crippen LogP contribution in [-0.4, -0.2) is 43.8 Å². The molecule has 7 nitrogen and oxygen atoms in total. The van der Waals surface area contributed by atoms with E-state index in [0.29, 0.717) is 28.0 Å².